The zero-order chi connectivity index (χ0) is 15.0. The minimum atomic E-state index is -2.96. The van der Waals surface area contributed by atoms with Gasteiger partial charge in [-0.3, -0.25) is 4.79 Å². The number of carbonyl (C=O) groups is 1. The first-order chi connectivity index (χ1) is 9.56. The first-order valence-corrected chi connectivity index (χ1v) is 6.20. The van der Waals surface area contributed by atoms with Gasteiger partial charge in [-0.25, -0.2) is 0 Å². The zero-order valence-electron chi connectivity index (χ0n) is 11.4. The average Bonchev–Trinajstić information content (AvgIpc) is 2.40. The number of carbonyl (C=O) groups excluding carboxylic acids is 1. The van der Waals surface area contributed by atoms with Gasteiger partial charge in [-0.2, -0.15) is 8.78 Å². The maximum Gasteiger partial charge on any atom is 0.387 e. The van der Waals surface area contributed by atoms with E-state index in [1.165, 1.54) is 25.3 Å². The Bertz CT molecular complexity index is 442. The van der Waals surface area contributed by atoms with Gasteiger partial charge in [0.1, 0.15) is 11.5 Å². The molecule has 0 aromatic heterocycles. The number of methoxy groups -OCH3 is 1. The van der Waals surface area contributed by atoms with Crippen molar-refractivity contribution in [2.45, 2.75) is 20.0 Å². The Morgan fingerprint density at radius 2 is 2.15 bits per heavy atom. The molecule has 0 spiro atoms. The molecule has 0 aliphatic rings. The predicted octanol–water partition coefficient (Wildman–Crippen LogP) is 2.23. The van der Waals surface area contributed by atoms with Crippen LogP contribution in [0.15, 0.2) is 18.2 Å². The van der Waals surface area contributed by atoms with Crippen LogP contribution in [0.5, 0.6) is 11.5 Å². The van der Waals surface area contributed by atoms with Crippen molar-refractivity contribution in [3.8, 4) is 11.5 Å². The van der Waals surface area contributed by atoms with Gasteiger partial charge in [0.05, 0.1) is 12.8 Å². The molecule has 0 saturated heterocycles. The van der Waals surface area contributed by atoms with Gasteiger partial charge in [-0.05, 0) is 18.7 Å². The first kappa shape index (κ1) is 16.2. The van der Waals surface area contributed by atoms with Crippen molar-refractivity contribution in [3.05, 3.63) is 18.2 Å². The SMILES string of the molecule is CCNCCC(=O)Nc1cc(OC)ccc1OC(F)F. The average molecular weight is 288 g/mol. The lowest BCUT2D eigenvalue weighted by atomic mass is 10.2. The summed E-state index contributed by atoms with van der Waals surface area (Å²) in [6.07, 6.45) is 0.235. The second-order valence-electron chi connectivity index (χ2n) is 3.89. The third kappa shape index (κ3) is 5.40. The van der Waals surface area contributed by atoms with Crippen molar-refractivity contribution in [2.24, 2.45) is 0 Å². The van der Waals surface area contributed by atoms with E-state index in [1.54, 1.807) is 0 Å². The van der Waals surface area contributed by atoms with E-state index in [-0.39, 0.29) is 23.8 Å². The molecule has 5 nitrogen and oxygen atoms in total. The van der Waals surface area contributed by atoms with E-state index in [9.17, 15) is 13.6 Å². The first-order valence-electron chi connectivity index (χ1n) is 6.20. The number of amides is 1. The molecule has 2 N–H and O–H groups in total. The Kier molecular flexibility index (Phi) is 6.72. The van der Waals surface area contributed by atoms with Crippen LogP contribution in [-0.2, 0) is 4.79 Å². The molecule has 7 heteroatoms. The van der Waals surface area contributed by atoms with E-state index in [0.29, 0.717) is 12.3 Å². The number of nitrogens with one attached hydrogen (secondary N) is 2. The summed E-state index contributed by atoms with van der Waals surface area (Å²) in [5.74, 6) is 0.0459. The van der Waals surface area contributed by atoms with E-state index in [4.69, 9.17) is 4.74 Å². The second kappa shape index (κ2) is 8.31. The summed E-state index contributed by atoms with van der Waals surface area (Å²) in [7, 11) is 1.44. The van der Waals surface area contributed by atoms with Crippen LogP contribution in [0.3, 0.4) is 0 Å². The Morgan fingerprint density at radius 1 is 1.40 bits per heavy atom. The van der Waals surface area contributed by atoms with Gasteiger partial charge in [0.15, 0.2) is 0 Å². The van der Waals surface area contributed by atoms with Crippen molar-refractivity contribution in [2.75, 3.05) is 25.5 Å². The molecule has 1 aromatic rings. The molecule has 0 fully saturated rings. The molecule has 0 aliphatic carbocycles. The number of ether oxygens (including phenoxy) is 2. The van der Waals surface area contributed by atoms with Crippen LogP contribution < -0.4 is 20.1 Å². The fourth-order valence-corrected chi connectivity index (χ4v) is 1.52. The predicted molar refractivity (Wildman–Crippen MR) is 71.4 cm³/mol. The van der Waals surface area contributed by atoms with E-state index < -0.39 is 6.61 Å². The highest BCUT2D eigenvalue weighted by Gasteiger charge is 2.13. The van der Waals surface area contributed by atoms with Gasteiger partial charge >= 0.3 is 6.61 Å². The number of hydrogen-bond acceptors (Lipinski definition) is 4. The summed E-state index contributed by atoms with van der Waals surface area (Å²) >= 11 is 0. The molecular formula is C13H18F2N2O3. The van der Waals surface area contributed by atoms with E-state index in [2.05, 4.69) is 15.4 Å². The third-order valence-electron chi connectivity index (χ3n) is 2.46. The van der Waals surface area contributed by atoms with Gasteiger partial charge in [0, 0.05) is 19.0 Å². The minimum Gasteiger partial charge on any atom is -0.497 e. The summed E-state index contributed by atoms with van der Waals surface area (Å²) in [6.45, 7) is 0.235. The minimum absolute atomic E-state index is 0.0994. The Balaban J connectivity index is 2.76. The Hall–Kier alpha value is -1.89. The summed E-state index contributed by atoms with van der Waals surface area (Å²) < 4.78 is 33.9. The number of halogens is 2. The normalized spacial score (nSPS) is 10.4. The highest BCUT2D eigenvalue weighted by atomic mass is 19.3. The zero-order valence-corrected chi connectivity index (χ0v) is 11.4. The van der Waals surface area contributed by atoms with Crippen LogP contribution in [0.1, 0.15) is 13.3 Å². The Morgan fingerprint density at radius 3 is 2.75 bits per heavy atom. The van der Waals surface area contributed by atoms with E-state index in [0.717, 1.165) is 6.54 Å². The van der Waals surface area contributed by atoms with Crippen molar-refractivity contribution in [1.29, 1.82) is 0 Å². The second-order valence-corrected chi connectivity index (χ2v) is 3.89. The smallest absolute Gasteiger partial charge is 0.387 e. The fourth-order valence-electron chi connectivity index (χ4n) is 1.52. The number of alkyl halides is 2. The molecular weight excluding hydrogens is 270 g/mol. The number of rotatable bonds is 8. The molecule has 1 amide bonds. The van der Waals surface area contributed by atoms with Crippen molar-refractivity contribution in [1.82, 2.24) is 5.32 Å². The van der Waals surface area contributed by atoms with Crippen LogP contribution >= 0.6 is 0 Å². The maximum absolute atomic E-state index is 12.3. The topological polar surface area (TPSA) is 59.6 Å². The van der Waals surface area contributed by atoms with Crippen molar-refractivity contribution in [3.63, 3.8) is 0 Å². The van der Waals surface area contributed by atoms with E-state index >= 15 is 0 Å². The quantitative estimate of drug-likeness (QED) is 0.720. The van der Waals surface area contributed by atoms with E-state index in [1.807, 2.05) is 6.92 Å². The van der Waals surface area contributed by atoms with Crippen LogP contribution in [0, 0.1) is 0 Å². The van der Waals surface area contributed by atoms with Crippen molar-refractivity contribution < 1.29 is 23.0 Å². The van der Waals surface area contributed by atoms with Crippen LogP contribution in [0.25, 0.3) is 0 Å². The maximum atomic E-state index is 12.3. The molecule has 1 rings (SSSR count). The lowest BCUT2D eigenvalue weighted by Crippen LogP contribution is -2.21. The summed E-state index contributed by atoms with van der Waals surface area (Å²) in [6, 6.07) is 4.24. The lowest BCUT2D eigenvalue weighted by molar-refractivity contribution is -0.116. The monoisotopic (exact) mass is 288 g/mol. The van der Waals surface area contributed by atoms with Gasteiger partial charge in [0.25, 0.3) is 0 Å². The van der Waals surface area contributed by atoms with Crippen LogP contribution in [0.4, 0.5) is 14.5 Å². The molecule has 0 bridgehead atoms. The van der Waals surface area contributed by atoms with Crippen LogP contribution in [-0.4, -0.2) is 32.7 Å². The highest BCUT2D eigenvalue weighted by molar-refractivity contribution is 5.92. The van der Waals surface area contributed by atoms with Gasteiger partial charge in [0.2, 0.25) is 5.91 Å². The largest absolute Gasteiger partial charge is 0.497 e. The van der Waals surface area contributed by atoms with Gasteiger partial charge in [-0.15, -0.1) is 0 Å². The highest BCUT2D eigenvalue weighted by Crippen LogP contribution is 2.30. The fraction of sp³-hybridized carbons (Fsp3) is 0.462. The molecule has 0 aliphatic heterocycles. The standard InChI is InChI=1S/C13H18F2N2O3/c1-3-16-7-6-12(18)17-10-8-9(19-2)4-5-11(10)20-13(14)15/h4-5,8,13,16H,3,6-7H2,1-2H3,(H,17,18). The number of hydrogen-bond donors (Lipinski definition) is 2. The number of anilines is 1. The van der Waals surface area contributed by atoms with Crippen molar-refractivity contribution >= 4 is 11.6 Å². The molecule has 1 aromatic carbocycles. The summed E-state index contributed by atoms with van der Waals surface area (Å²) in [5.41, 5.74) is 0.158. The molecule has 0 radical (unpaired) electrons. The molecule has 0 saturated carbocycles. The Labute approximate surface area is 116 Å². The number of benzene rings is 1. The lowest BCUT2D eigenvalue weighted by Gasteiger charge is -2.13. The molecule has 0 heterocycles. The van der Waals surface area contributed by atoms with Gasteiger partial charge < -0.3 is 20.1 Å². The molecule has 112 valence electrons. The molecule has 0 atom stereocenters. The van der Waals surface area contributed by atoms with Crippen LogP contribution in [0.2, 0.25) is 0 Å². The summed E-state index contributed by atoms with van der Waals surface area (Å²) in [4.78, 5) is 11.7. The molecule has 20 heavy (non-hydrogen) atoms. The van der Waals surface area contributed by atoms with Gasteiger partial charge in [-0.1, -0.05) is 6.92 Å². The third-order valence-corrected chi connectivity index (χ3v) is 2.46. The molecule has 0 unspecified atom stereocenters. The summed E-state index contributed by atoms with van der Waals surface area (Å²) in [5, 5.41) is 5.53.